The van der Waals surface area contributed by atoms with Crippen LogP contribution in [0.15, 0.2) is 15.9 Å². The highest BCUT2D eigenvalue weighted by atomic mass is 79.9. The fourth-order valence-corrected chi connectivity index (χ4v) is 4.14. The molecule has 1 aromatic rings. The third-order valence-electron chi connectivity index (χ3n) is 3.11. The predicted molar refractivity (Wildman–Crippen MR) is 79.1 cm³/mol. The Bertz CT molecular complexity index is 392. The summed E-state index contributed by atoms with van der Waals surface area (Å²) in [6.07, 6.45) is 4.58. The molecule has 1 unspecified atom stereocenters. The predicted octanol–water partition coefficient (Wildman–Crippen LogP) is 4.29. The van der Waals surface area contributed by atoms with E-state index in [-0.39, 0.29) is 5.91 Å². The lowest BCUT2D eigenvalue weighted by Gasteiger charge is -2.35. The third-order valence-corrected chi connectivity index (χ3v) is 5.18. The fraction of sp³-hybridized carbons (Fsp3) is 0.583. The van der Waals surface area contributed by atoms with Gasteiger partial charge in [-0.15, -0.1) is 11.3 Å². The summed E-state index contributed by atoms with van der Waals surface area (Å²) in [6, 6.07) is 4.27. The van der Waals surface area contributed by atoms with E-state index in [4.69, 9.17) is 0 Å². The molecule has 0 saturated carbocycles. The van der Waals surface area contributed by atoms with Crippen molar-refractivity contribution in [3.8, 4) is 0 Å². The summed E-state index contributed by atoms with van der Waals surface area (Å²) in [5.74, 6) is 0.200. The van der Waals surface area contributed by atoms with Crippen LogP contribution in [0.5, 0.6) is 0 Å². The van der Waals surface area contributed by atoms with Crippen LogP contribution in [0.3, 0.4) is 0 Å². The molecule has 1 fully saturated rings. The lowest BCUT2D eigenvalue weighted by atomic mass is 10.00. The summed E-state index contributed by atoms with van der Waals surface area (Å²) in [4.78, 5) is 15.3. The Morgan fingerprint density at radius 2 is 2.29 bits per heavy atom. The van der Waals surface area contributed by atoms with Gasteiger partial charge in [-0.2, -0.15) is 0 Å². The molecule has 1 aliphatic rings. The molecule has 0 spiro atoms. The number of nitrogens with zero attached hydrogens (tertiary/aromatic N) is 1. The summed E-state index contributed by atoms with van der Waals surface area (Å²) >= 11 is 8.41. The molecule has 1 aliphatic heterocycles. The van der Waals surface area contributed by atoms with Gasteiger partial charge in [-0.1, -0.05) is 15.9 Å². The molecule has 0 aromatic carbocycles. The van der Waals surface area contributed by atoms with Crippen LogP contribution in [0.1, 0.15) is 35.4 Å². The van der Waals surface area contributed by atoms with Gasteiger partial charge in [0.2, 0.25) is 0 Å². The molecule has 5 heteroatoms. The normalized spacial score (nSPS) is 20.6. The Morgan fingerprint density at radius 1 is 1.47 bits per heavy atom. The molecule has 0 aliphatic carbocycles. The molecule has 2 rings (SSSR count). The monoisotopic (exact) mass is 379 g/mol. The summed E-state index contributed by atoms with van der Waals surface area (Å²) in [7, 11) is 0. The fourth-order valence-electron chi connectivity index (χ4n) is 2.26. The van der Waals surface area contributed by atoms with Crippen molar-refractivity contribution in [2.75, 3.05) is 11.9 Å². The Hall–Kier alpha value is 0.130. The van der Waals surface area contributed by atoms with Crippen LogP contribution in [-0.2, 0) is 0 Å². The second-order valence-corrected chi connectivity index (χ2v) is 7.49. The Balaban J connectivity index is 2.10. The van der Waals surface area contributed by atoms with Crippen LogP contribution in [0, 0.1) is 0 Å². The molecule has 1 aromatic heterocycles. The Kier molecular flexibility index (Phi) is 5.06. The van der Waals surface area contributed by atoms with Gasteiger partial charge in [0.15, 0.2) is 0 Å². The zero-order chi connectivity index (χ0) is 12.3. The van der Waals surface area contributed by atoms with Gasteiger partial charge >= 0.3 is 0 Å². The van der Waals surface area contributed by atoms with Gasteiger partial charge in [0, 0.05) is 17.9 Å². The number of thiophene rings is 1. The van der Waals surface area contributed by atoms with Gasteiger partial charge in [0.25, 0.3) is 5.91 Å². The largest absolute Gasteiger partial charge is 0.335 e. The average Bonchev–Trinajstić information content (AvgIpc) is 2.76. The summed E-state index contributed by atoms with van der Waals surface area (Å²) in [5, 5.41) is 0.968. The van der Waals surface area contributed by atoms with Crippen LogP contribution < -0.4 is 0 Å². The molecule has 2 nitrogen and oxygen atoms in total. The first-order chi connectivity index (χ1) is 8.22. The van der Waals surface area contributed by atoms with E-state index in [2.05, 4.69) is 36.8 Å². The van der Waals surface area contributed by atoms with Crippen molar-refractivity contribution in [1.82, 2.24) is 4.90 Å². The van der Waals surface area contributed by atoms with Crippen LogP contribution >= 0.6 is 43.2 Å². The quantitative estimate of drug-likeness (QED) is 0.716. The average molecular weight is 381 g/mol. The summed E-state index contributed by atoms with van der Waals surface area (Å²) in [6.45, 7) is 0.909. The van der Waals surface area contributed by atoms with Gasteiger partial charge in [-0.05, 0) is 53.7 Å². The molecule has 1 saturated heterocycles. The first kappa shape index (κ1) is 13.6. The molecule has 2 heterocycles. The number of hydrogen-bond donors (Lipinski definition) is 0. The third kappa shape index (κ3) is 3.32. The smallest absolute Gasteiger partial charge is 0.264 e. The van der Waals surface area contributed by atoms with Crippen molar-refractivity contribution in [1.29, 1.82) is 0 Å². The second-order valence-electron chi connectivity index (χ2n) is 4.23. The maximum absolute atomic E-state index is 12.4. The molecule has 1 amide bonds. The minimum atomic E-state index is 0.200. The van der Waals surface area contributed by atoms with Crippen molar-refractivity contribution in [2.24, 2.45) is 0 Å². The molecular weight excluding hydrogens is 366 g/mol. The number of carbonyl (C=O) groups excluding carboxylic acids is 1. The zero-order valence-corrected chi connectivity index (χ0v) is 13.5. The summed E-state index contributed by atoms with van der Waals surface area (Å²) < 4.78 is 1.02. The van der Waals surface area contributed by atoms with Crippen molar-refractivity contribution in [3.05, 3.63) is 20.8 Å². The number of amides is 1. The van der Waals surface area contributed by atoms with E-state index in [9.17, 15) is 4.79 Å². The molecule has 94 valence electrons. The van der Waals surface area contributed by atoms with Crippen LogP contribution in [0.4, 0.5) is 0 Å². The standard InChI is InChI=1S/C12H15Br2NOS/c13-7-6-9-3-1-2-8-15(9)12(16)10-4-5-11(14)17-10/h4-5,9H,1-3,6-8H2. The van der Waals surface area contributed by atoms with E-state index < -0.39 is 0 Å². The van der Waals surface area contributed by atoms with Crippen LogP contribution in [0.25, 0.3) is 0 Å². The zero-order valence-electron chi connectivity index (χ0n) is 9.49. The Labute approximate surface area is 123 Å². The SMILES string of the molecule is O=C(c1ccc(Br)s1)N1CCCCC1CCBr. The highest BCUT2D eigenvalue weighted by Crippen LogP contribution is 2.27. The molecule has 0 N–H and O–H groups in total. The highest BCUT2D eigenvalue weighted by molar-refractivity contribution is 9.11. The Morgan fingerprint density at radius 3 is 2.94 bits per heavy atom. The number of carbonyl (C=O) groups is 1. The van der Waals surface area contributed by atoms with Gasteiger partial charge in [0.1, 0.15) is 0 Å². The van der Waals surface area contributed by atoms with E-state index >= 15 is 0 Å². The minimum absolute atomic E-state index is 0.200. The minimum Gasteiger partial charge on any atom is -0.335 e. The number of piperidine rings is 1. The van der Waals surface area contributed by atoms with Crippen molar-refractivity contribution in [2.45, 2.75) is 31.7 Å². The van der Waals surface area contributed by atoms with Gasteiger partial charge < -0.3 is 4.90 Å². The van der Waals surface area contributed by atoms with Gasteiger partial charge in [0.05, 0.1) is 8.66 Å². The second kappa shape index (κ2) is 6.34. The molecular formula is C12H15Br2NOS. The van der Waals surface area contributed by atoms with Crippen molar-refractivity contribution >= 4 is 49.1 Å². The number of hydrogen-bond acceptors (Lipinski definition) is 2. The number of likely N-dealkylation sites (tertiary alicyclic amines) is 1. The van der Waals surface area contributed by atoms with Crippen LogP contribution in [0.2, 0.25) is 0 Å². The van der Waals surface area contributed by atoms with Crippen molar-refractivity contribution < 1.29 is 4.79 Å². The van der Waals surface area contributed by atoms with E-state index in [1.165, 1.54) is 17.8 Å². The molecule has 1 atom stereocenters. The van der Waals surface area contributed by atoms with Crippen LogP contribution in [-0.4, -0.2) is 28.7 Å². The van der Waals surface area contributed by atoms with Gasteiger partial charge in [-0.25, -0.2) is 0 Å². The van der Waals surface area contributed by atoms with E-state index in [1.54, 1.807) is 0 Å². The maximum Gasteiger partial charge on any atom is 0.264 e. The molecule has 0 bridgehead atoms. The van der Waals surface area contributed by atoms with Crippen molar-refractivity contribution in [3.63, 3.8) is 0 Å². The van der Waals surface area contributed by atoms with E-state index in [0.29, 0.717) is 6.04 Å². The topological polar surface area (TPSA) is 20.3 Å². The molecule has 17 heavy (non-hydrogen) atoms. The van der Waals surface area contributed by atoms with E-state index in [0.717, 1.165) is 39.8 Å². The number of alkyl halides is 1. The van der Waals surface area contributed by atoms with E-state index in [1.807, 2.05) is 12.1 Å². The first-order valence-electron chi connectivity index (χ1n) is 5.84. The summed E-state index contributed by atoms with van der Waals surface area (Å²) in [5.41, 5.74) is 0. The lowest BCUT2D eigenvalue weighted by molar-refractivity contribution is 0.0615. The molecule has 0 radical (unpaired) electrons. The maximum atomic E-state index is 12.4. The number of halogens is 2. The van der Waals surface area contributed by atoms with Gasteiger partial charge in [-0.3, -0.25) is 4.79 Å². The highest BCUT2D eigenvalue weighted by Gasteiger charge is 2.27. The number of rotatable bonds is 3. The lowest BCUT2D eigenvalue weighted by Crippen LogP contribution is -2.43. The first-order valence-corrected chi connectivity index (χ1v) is 8.57.